The Bertz CT molecular complexity index is 1010. The Labute approximate surface area is 172 Å². The number of methoxy groups -OCH3 is 1. The Hall–Kier alpha value is -2.49. The summed E-state index contributed by atoms with van der Waals surface area (Å²) in [4.78, 5) is 4.03. The lowest BCUT2D eigenvalue weighted by molar-refractivity contribution is 0.0701. The molecule has 0 unspecified atom stereocenters. The highest BCUT2D eigenvalue weighted by molar-refractivity contribution is 7.16. The smallest absolute Gasteiger partial charge is 0.294 e. The molecule has 3 aromatic rings. The largest absolute Gasteiger partial charge is 0.507 e. The topological polar surface area (TPSA) is 94.3 Å². The van der Waals surface area contributed by atoms with Crippen molar-refractivity contribution in [3.8, 4) is 27.2 Å². The van der Waals surface area contributed by atoms with Gasteiger partial charge < -0.3 is 24.5 Å². The predicted molar refractivity (Wildman–Crippen MR) is 109 cm³/mol. The third kappa shape index (κ3) is 3.50. The highest BCUT2D eigenvalue weighted by Crippen LogP contribution is 2.40. The number of imidazole rings is 1. The van der Waals surface area contributed by atoms with Gasteiger partial charge in [-0.2, -0.15) is 0 Å². The van der Waals surface area contributed by atoms with Crippen molar-refractivity contribution in [2.75, 3.05) is 7.11 Å². The molecule has 2 aliphatic heterocycles. The summed E-state index contributed by atoms with van der Waals surface area (Å²) in [6.45, 7) is 2.22. The fourth-order valence-electron chi connectivity index (χ4n) is 4.53. The first kappa shape index (κ1) is 18.5. The second-order valence-corrected chi connectivity index (χ2v) is 8.95. The van der Waals surface area contributed by atoms with Crippen LogP contribution in [0.25, 0.3) is 16.3 Å². The molecule has 8 nitrogen and oxygen atoms in total. The average molecular weight is 414 g/mol. The van der Waals surface area contributed by atoms with E-state index in [4.69, 9.17) is 9.47 Å². The van der Waals surface area contributed by atoms with E-state index in [0.29, 0.717) is 21.8 Å². The number of piperidine rings is 1. The van der Waals surface area contributed by atoms with Crippen LogP contribution >= 0.6 is 11.3 Å². The van der Waals surface area contributed by atoms with Gasteiger partial charge in [0.2, 0.25) is 0 Å². The quantitative estimate of drug-likeness (QED) is 0.664. The maximum atomic E-state index is 10.5. The molecule has 152 valence electrons. The summed E-state index contributed by atoms with van der Waals surface area (Å²) in [5, 5.41) is 23.7. The van der Waals surface area contributed by atoms with Gasteiger partial charge in [-0.3, -0.25) is 0 Å². The van der Waals surface area contributed by atoms with E-state index >= 15 is 0 Å². The molecule has 9 heteroatoms. The summed E-state index contributed by atoms with van der Waals surface area (Å²) in [5.74, 6) is 0.147. The minimum absolute atomic E-state index is 0.0310. The van der Waals surface area contributed by atoms with Crippen LogP contribution in [0, 0.1) is 0 Å². The molecule has 0 amide bonds. The van der Waals surface area contributed by atoms with Crippen molar-refractivity contribution < 1.29 is 14.6 Å². The number of phenolic OH excluding ortho intramolecular Hbond substituents is 1. The van der Waals surface area contributed by atoms with Crippen molar-refractivity contribution in [2.45, 2.75) is 50.0 Å². The van der Waals surface area contributed by atoms with E-state index in [1.807, 2.05) is 22.9 Å². The molecule has 2 aliphatic rings. The van der Waals surface area contributed by atoms with Crippen LogP contribution in [-0.4, -0.2) is 55.8 Å². The first-order chi connectivity index (χ1) is 14.0. The summed E-state index contributed by atoms with van der Waals surface area (Å²) in [6, 6.07) is 5.74. The summed E-state index contributed by atoms with van der Waals surface area (Å²) in [7, 11) is 1.77. The van der Waals surface area contributed by atoms with Gasteiger partial charge in [-0.15, -0.1) is 5.10 Å². The van der Waals surface area contributed by atoms with E-state index in [-0.39, 0.29) is 23.5 Å². The molecule has 0 spiro atoms. The van der Waals surface area contributed by atoms with E-state index in [2.05, 4.69) is 27.4 Å². The number of nitrogens with zero attached hydrogens (tertiary/aromatic N) is 4. The van der Waals surface area contributed by atoms with E-state index in [1.54, 1.807) is 25.7 Å². The number of aromatic nitrogens is 4. The number of rotatable bonds is 5. The summed E-state index contributed by atoms with van der Waals surface area (Å²) >= 11 is 1.35. The monoisotopic (exact) mass is 413 g/mol. The van der Waals surface area contributed by atoms with Gasteiger partial charge in [0.05, 0.1) is 23.7 Å². The average Bonchev–Trinajstić information content (AvgIpc) is 3.41. The van der Waals surface area contributed by atoms with E-state index in [1.165, 1.54) is 11.3 Å². The lowest BCUT2D eigenvalue weighted by Gasteiger charge is -2.35. The standard InChI is InChI=1S/C20H23N5O3S/c1-20-9-13(8-15(22-20)17(10-20)27-2)28-19-24-23-18(29-19)14-4-3-12(7-16(14)26)25-6-5-21-11-25/h3-7,11,13,15,17,22,26H,8-10H2,1-2H3/t13-,15+,17-,20-/m1/s1. The van der Waals surface area contributed by atoms with Gasteiger partial charge in [0, 0.05) is 50.0 Å². The van der Waals surface area contributed by atoms with Crippen LogP contribution in [-0.2, 0) is 4.74 Å². The van der Waals surface area contributed by atoms with Crippen LogP contribution in [0.4, 0.5) is 0 Å². The molecular weight excluding hydrogens is 390 g/mol. The van der Waals surface area contributed by atoms with Gasteiger partial charge in [-0.1, -0.05) is 16.4 Å². The Kier molecular flexibility index (Phi) is 4.53. The van der Waals surface area contributed by atoms with Crippen molar-refractivity contribution >= 4 is 11.3 Å². The molecule has 5 rings (SSSR count). The predicted octanol–water partition coefficient (Wildman–Crippen LogP) is 2.77. The van der Waals surface area contributed by atoms with Crippen molar-refractivity contribution in [3.05, 3.63) is 36.9 Å². The molecule has 0 aliphatic carbocycles. The number of phenols is 1. The van der Waals surface area contributed by atoms with Crippen LogP contribution in [0.3, 0.4) is 0 Å². The molecule has 2 bridgehead atoms. The van der Waals surface area contributed by atoms with Gasteiger partial charge in [0.15, 0.2) is 5.01 Å². The second kappa shape index (κ2) is 7.08. The van der Waals surface area contributed by atoms with Gasteiger partial charge in [-0.25, -0.2) is 4.98 Å². The van der Waals surface area contributed by atoms with Gasteiger partial charge in [0.1, 0.15) is 11.9 Å². The lowest BCUT2D eigenvalue weighted by Crippen LogP contribution is -2.51. The third-order valence-corrected chi connectivity index (χ3v) is 6.67. The van der Waals surface area contributed by atoms with Gasteiger partial charge >= 0.3 is 0 Å². The molecule has 29 heavy (non-hydrogen) atoms. The Morgan fingerprint density at radius 3 is 2.97 bits per heavy atom. The molecule has 1 aromatic carbocycles. The molecular formula is C20H23N5O3S. The van der Waals surface area contributed by atoms with Crippen LogP contribution in [0.5, 0.6) is 10.9 Å². The molecule has 2 aromatic heterocycles. The third-order valence-electron chi connectivity index (χ3n) is 5.82. The highest BCUT2D eigenvalue weighted by Gasteiger charge is 2.48. The van der Waals surface area contributed by atoms with Crippen molar-refractivity contribution in [1.29, 1.82) is 0 Å². The van der Waals surface area contributed by atoms with Crippen LogP contribution in [0.1, 0.15) is 26.2 Å². The summed E-state index contributed by atoms with van der Waals surface area (Å²) < 4.78 is 13.6. The maximum Gasteiger partial charge on any atom is 0.294 e. The number of hydrogen-bond acceptors (Lipinski definition) is 8. The number of ether oxygens (including phenoxy) is 2. The highest BCUT2D eigenvalue weighted by atomic mass is 32.1. The minimum Gasteiger partial charge on any atom is -0.507 e. The summed E-state index contributed by atoms with van der Waals surface area (Å²) in [5.41, 5.74) is 1.50. The number of hydrogen-bond donors (Lipinski definition) is 2. The molecule has 4 atom stereocenters. The molecule has 0 radical (unpaired) electrons. The molecule has 2 saturated heterocycles. The zero-order valence-electron chi connectivity index (χ0n) is 16.3. The molecule has 2 fully saturated rings. The van der Waals surface area contributed by atoms with Crippen molar-refractivity contribution in [1.82, 2.24) is 25.1 Å². The number of benzene rings is 1. The van der Waals surface area contributed by atoms with Gasteiger partial charge in [0.25, 0.3) is 5.19 Å². The van der Waals surface area contributed by atoms with Crippen LogP contribution in [0.2, 0.25) is 0 Å². The second-order valence-electron chi connectivity index (χ2n) is 8.01. The molecule has 0 saturated carbocycles. The van der Waals surface area contributed by atoms with E-state index in [9.17, 15) is 5.11 Å². The van der Waals surface area contributed by atoms with Crippen molar-refractivity contribution in [3.63, 3.8) is 0 Å². The number of fused-ring (bicyclic) bond motifs is 2. The van der Waals surface area contributed by atoms with Crippen LogP contribution in [0.15, 0.2) is 36.9 Å². The zero-order valence-corrected chi connectivity index (χ0v) is 17.1. The first-order valence-electron chi connectivity index (χ1n) is 9.65. The van der Waals surface area contributed by atoms with E-state index < -0.39 is 0 Å². The normalized spacial score (nSPS) is 28.6. The minimum atomic E-state index is 0.0310. The molecule has 4 heterocycles. The molecule has 2 N–H and O–H groups in total. The SMILES string of the molecule is CO[C@@H]1C[C@@]2(C)C[C@H](Oc3nnc(-c4ccc(-n5ccnc5)cc4O)s3)C[C@@H]1N2. The Balaban J connectivity index is 1.31. The van der Waals surface area contributed by atoms with E-state index in [0.717, 1.165) is 24.9 Å². The number of nitrogens with one attached hydrogen (secondary N) is 1. The van der Waals surface area contributed by atoms with Crippen LogP contribution < -0.4 is 10.1 Å². The van der Waals surface area contributed by atoms with Gasteiger partial charge in [-0.05, 0) is 25.5 Å². The Morgan fingerprint density at radius 2 is 2.21 bits per heavy atom. The fourth-order valence-corrected chi connectivity index (χ4v) is 5.32. The maximum absolute atomic E-state index is 10.5. The van der Waals surface area contributed by atoms with Crippen molar-refractivity contribution in [2.24, 2.45) is 0 Å². The fraction of sp³-hybridized carbons (Fsp3) is 0.450. The zero-order chi connectivity index (χ0) is 20.0. The summed E-state index contributed by atoms with van der Waals surface area (Å²) in [6.07, 6.45) is 8.29. The first-order valence-corrected chi connectivity index (χ1v) is 10.5. The Morgan fingerprint density at radius 1 is 1.31 bits per heavy atom. The number of aromatic hydroxyl groups is 1. The lowest BCUT2D eigenvalue weighted by atomic mass is 9.91.